The predicted octanol–water partition coefficient (Wildman–Crippen LogP) is 1.63. The Kier molecular flexibility index (Phi) is 4.80. The summed E-state index contributed by atoms with van der Waals surface area (Å²) < 4.78 is 1.54. The molecule has 24 heavy (non-hydrogen) atoms. The Morgan fingerprint density at radius 2 is 2.25 bits per heavy atom. The van der Waals surface area contributed by atoms with E-state index in [1.165, 1.54) is 0 Å². The Hall–Kier alpha value is -2.41. The molecule has 1 aromatic heterocycles. The Morgan fingerprint density at radius 3 is 3.00 bits per heavy atom. The van der Waals surface area contributed by atoms with Crippen LogP contribution >= 0.6 is 11.6 Å². The molecule has 0 saturated carbocycles. The molecule has 2 aromatic rings. The Balaban J connectivity index is 1.70. The first kappa shape index (κ1) is 16.4. The fraction of sp³-hybridized carbons (Fsp3) is 0.375. The number of hydrogen-bond acceptors (Lipinski definition) is 4. The van der Waals surface area contributed by atoms with E-state index in [0.29, 0.717) is 29.4 Å². The first-order chi connectivity index (χ1) is 11.6. The maximum absolute atomic E-state index is 12.3. The quantitative estimate of drug-likeness (QED) is 0.879. The van der Waals surface area contributed by atoms with Crippen LogP contribution in [0.4, 0.5) is 0 Å². The summed E-state index contributed by atoms with van der Waals surface area (Å²) in [5.74, 6) is -0.285. The molecule has 2 heterocycles. The molecule has 1 aliphatic heterocycles. The Morgan fingerprint density at radius 1 is 1.46 bits per heavy atom. The summed E-state index contributed by atoms with van der Waals surface area (Å²) in [5, 5.41) is 14.2. The van der Waals surface area contributed by atoms with Crippen molar-refractivity contribution in [3.05, 3.63) is 40.7 Å². The molecule has 0 aliphatic carbocycles. The van der Waals surface area contributed by atoms with Gasteiger partial charge in [0.2, 0.25) is 5.91 Å². The lowest BCUT2D eigenvalue weighted by Crippen LogP contribution is -2.46. The molecular formula is C16H18ClN5O2. The second-order valence-corrected chi connectivity index (χ2v) is 6.16. The van der Waals surface area contributed by atoms with Crippen molar-refractivity contribution in [1.82, 2.24) is 25.6 Å². The third kappa shape index (κ3) is 3.41. The summed E-state index contributed by atoms with van der Waals surface area (Å²) in [6, 6.07) is 7.19. The zero-order chi connectivity index (χ0) is 17.1. The molecule has 0 unspecified atom stereocenters. The van der Waals surface area contributed by atoms with E-state index in [2.05, 4.69) is 20.9 Å². The van der Waals surface area contributed by atoms with Crippen molar-refractivity contribution in [3.63, 3.8) is 0 Å². The van der Waals surface area contributed by atoms with Gasteiger partial charge in [-0.05, 0) is 31.9 Å². The highest BCUT2D eigenvalue weighted by Gasteiger charge is 2.21. The van der Waals surface area contributed by atoms with Crippen LogP contribution in [0.2, 0.25) is 5.02 Å². The third-order valence-electron chi connectivity index (χ3n) is 4.02. The molecule has 0 radical (unpaired) electrons. The molecule has 1 atom stereocenters. The van der Waals surface area contributed by atoms with Crippen molar-refractivity contribution < 1.29 is 9.59 Å². The zero-order valence-electron chi connectivity index (χ0n) is 13.3. The largest absolute Gasteiger partial charge is 0.352 e. The van der Waals surface area contributed by atoms with Crippen molar-refractivity contribution in [3.8, 4) is 5.69 Å². The average Bonchev–Trinajstić information content (AvgIpc) is 2.95. The van der Waals surface area contributed by atoms with Gasteiger partial charge in [-0.2, -0.15) is 0 Å². The summed E-state index contributed by atoms with van der Waals surface area (Å²) in [6.45, 7) is 2.14. The van der Waals surface area contributed by atoms with Crippen molar-refractivity contribution in [2.75, 3.05) is 6.54 Å². The minimum atomic E-state index is -0.314. The number of piperidine rings is 1. The second-order valence-electron chi connectivity index (χ2n) is 5.75. The van der Waals surface area contributed by atoms with Gasteiger partial charge in [0.15, 0.2) is 5.69 Å². The fourth-order valence-corrected chi connectivity index (χ4v) is 2.94. The molecule has 0 bridgehead atoms. The number of carbonyl (C=O) groups excluding carboxylic acids is 2. The number of rotatable bonds is 4. The van der Waals surface area contributed by atoms with Crippen LogP contribution in [0.15, 0.2) is 24.3 Å². The van der Waals surface area contributed by atoms with Crippen LogP contribution in [0.3, 0.4) is 0 Å². The first-order valence-electron chi connectivity index (χ1n) is 7.81. The average molecular weight is 348 g/mol. The maximum atomic E-state index is 12.3. The number of hydrogen-bond donors (Lipinski definition) is 2. The van der Waals surface area contributed by atoms with Crippen LogP contribution in [0, 0.1) is 6.92 Å². The van der Waals surface area contributed by atoms with Crippen LogP contribution in [-0.2, 0) is 4.79 Å². The summed E-state index contributed by atoms with van der Waals surface area (Å²) in [7, 11) is 0. The molecule has 8 heteroatoms. The van der Waals surface area contributed by atoms with Crippen LogP contribution in [0.1, 0.15) is 35.4 Å². The minimum Gasteiger partial charge on any atom is -0.352 e. The lowest BCUT2D eigenvalue weighted by atomic mass is 10.0. The van der Waals surface area contributed by atoms with Crippen LogP contribution < -0.4 is 10.6 Å². The van der Waals surface area contributed by atoms with Gasteiger partial charge in [0, 0.05) is 19.0 Å². The Bertz CT molecular complexity index is 774. The van der Waals surface area contributed by atoms with E-state index in [1.807, 2.05) is 18.2 Å². The monoisotopic (exact) mass is 347 g/mol. The van der Waals surface area contributed by atoms with E-state index < -0.39 is 0 Å². The van der Waals surface area contributed by atoms with E-state index >= 15 is 0 Å². The highest BCUT2D eigenvalue weighted by Crippen LogP contribution is 2.21. The van der Waals surface area contributed by atoms with Crippen LogP contribution in [0.5, 0.6) is 0 Å². The number of amides is 2. The zero-order valence-corrected chi connectivity index (χ0v) is 14.0. The van der Waals surface area contributed by atoms with Crippen LogP contribution in [0.25, 0.3) is 5.69 Å². The van der Waals surface area contributed by atoms with Gasteiger partial charge >= 0.3 is 0 Å². The summed E-state index contributed by atoms with van der Waals surface area (Å²) in [5.41, 5.74) is 1.52. The predicted molar refractivity (Wildman–Crippen MR) is 89.2 cm³/mol. The molecule has 1 saturated heterocycles. The third-order valence-corrected chi connectivity index (χ3v) is 4.34. The van der Waals surface area contributed by atoms with Crippen molar-refractivity contribution in [2.45, 2.75) is 32.2 Å². The highest BCUT2D eigenvalue weighted by atomic mass is 35.5. The topological polar surface area (TPSA) is 88.9 Å². The summed E-state index contributed by atoms with van der Waals surface area (Å²) in [4.78, 5) is 23.7. The normalized spacial score (nSPS) is 17.4. The number of halogens is 1. The smallest absolute Gasteiger partial charge is 0.273 e. The van der Waals surface area contributed by atoms with E-state index in [9.17, 15) is 9.59 Å². The number of nitrogens with zero attached hydrogens (tertiary/aromatic N) is 3. The molecule has 7 nitrogen and oxygen atoms in total. The lowest BCUT2D eigenvalue weighted by molar-refractivity contribution is -0.123. The molecule has 126 valence electrons. The molecule has 3 rings (SSSR count). The van der Waals surface area contributed by atoms with Crippen molar-refractivity contribution in [1.29, 1.82) is 0 Å². The maximum Gasteiger partial charge on any atom is 0.273 e. The number of carbonyl (C=O) groups is 2. The molecule has 2 amide bonds. The van der Waals surface area contributed by atoms with Gasteiger partial charge in [-0.25, -0.2) is 4.68 Å². The molecule has 2 N–H and O–H groups in total. The van der Waals surface area contributed by atoms with Crippen molar-refractivity contribution in [2.24, 2.45) is 0 Å². The fourth-order valence-electron chi connectivity index (χ4n) is 2.73. The van der Waals surface area contributed by atoms with Crippen molar-refractivity contribution >= 4 is 23.4 Å². The Labute approximate surface area is 144 Å². The number of aromatic nitrogens is 3. The van der Waals surface area contributed by atoms with Gasteiger partial charge in [-0.3, -0.25) is 9.59 Å². The first-order valence-corrected chi connectivity index (χ1v) is 8.19. The lowest BCUT2D eigenvalue weighted by Gasteiger charge is -2.23. The minimum absolute atomic E-state index is 0.0290. The van der Waals surface area contributed by atoms with Crippen LogP contribution in [-0.4, -0.2) is 39.4 Å². The molecule has 1 aliphatic rings. The van der Waals surface area contributed by atoms with E-state index in [1.54, 1.807) is 17.7 Å². The molecule has 1 fully saturated rings. The standard InChI is InChI=1S/C16H18ClN5O2/c1-10-15(16(24)18-9-11-5-4-8-14(23)19-11)20-21-22(10)13-7-3-2-6-12(13)17/h2-3,6-7,11H,4-5,8-9H2,1H3,(H,18,24)(H,19,23)/t11-/m1/s1. The summed E-state index contributed by atoms with van der Waals surface area (Å²) >= 11 is 6.17. The number of para-hydroxylation sites is 1. The van der Waals surface area contributed by atoms with E-state index in [4.69, 9.17) is 11.6 Å². The number of benzene rings is 1. The van der Waals surface area contributed by atoms with Gasteiger partial charge in [-0.15, -0.1) is 5.10 Å². The highest BCUT2D eigenvalue weighted by molar-refractivity contribution is 6.32. The van der Waals surface area contributed by atoms with E-state index in [0.717, 1.165) is 12.8 Å². The van der Waals surface area contributed by atoms with E-state index in [-0.39, 0.29) is 23.6 Å². The molecule has 0 spiro atoms. The molecule has 1 aromatic carbocycles. The summed E-state index contributed by atoms with van der Waals surface area (Å²) in [6.07, 6.45) is 2.25. The van der Waals surface area contributed by atoms with Gasteiger partial charge < -0.3 is 10.6 Å². The molecular weight excluding hydrogens is 330 g/mol. The SMILES string of the molecule is Cc1c(C(=O)NC[C@H]2CCCC(=O)N2)nnn1-c1ccccc1Cl. The van der Waals surface area contributed by atoms with Gasteiger partial charge in [-0.1, -0.05) is 28.9 Å². The second kappa shape index (κ2) is 7.00. The number of nitrogens with one attached hydrogen (secondary N) is 2. The van der Waals surface area contributed by atoms with Gasteiger partial charge in [0.05, 0.1) is 16.4 Å². The van der Waals surface area contributed by atoms with Gasteiger partial charge in [0.25, 0.3) is 5.91 Å². The van der Waals surface area contributed by atoms with Gasteiger partial charge in [0.1, 0.15) is 0 Å².